The Morgan fingerprint density at radius 1 is 1.16 bits per heavy atom. The molecule has 0 saturated carbocycles. The maximum atomic E-state index is 12.4. The number of nitrogens with two attached hydrogens (primary N) is 1. The van der Waals surface area contributed by atoms with E-state index in [0.29, 0.717) is 5.56 Å². The lowest BCUT2D eigenvalue weighted by atomic mass is 9.83. The third-order valence-electron chi connectivity index (χ3n) is 2.94. The van der Waals surface area contributed by atoms with Crippen molar-refractivity contribution in [2.45, 2.75) is 39.4 Å². The van der Waals surface area contributed by atoms with Gasteiger partial charge in [-0.25, -0.2) is 0 Å². The molecule has 0 aliphatic carbocycles. The van der Waals surface area contributed by atoms with E-state index in [1.165, 1.54) is 12.1 Å². The number of Topliss-reactive ketones (excluding diaryl/α,β-unsaturated/α-hetero) is 1. The van der Waals surface area contributed by atoms with Gasteiger partial charge in [-0.05, 0) is 23.1 Å². The van der Waals surface area contributed by atoms with Gasteiger partial charge in [-0.15, -0.1) is 0 Å². The van der Waals surface area contributed by atoms with E-state index in [4.69, 9.17) is 5.73 Å². The summed E-state index contributed by atoms with van der Waals surface area (Å²) < 4.78 is 37.1. The van der Waals surface area contributed by atoms with Crippen molar-refractivity contribution in [2.75, 3.05) is 0 Å². The lowest BCUT2D eigenvalue weighted by molar-refractivity contribution is -0.137. The number of hydrogen-bond donors (Lipinski definition) is 1. The Morgan fingerprint density at radius 2 is 1.63 bits per heavy atom. The molecule has 2 nitrogen and oxygen atoms in total. The maximum Gasteiger partial charge on any atom is 0.416 e. The second kappa shape index (κ2) is 5.33. The van der Waals surface area contributed by atoms with Crippen LogP contribution in [-0.2, 0) is 17.4 Å². The number of benzene rings is 1. The van der Waals surface area contributed by atoms with Gasteiger partial charge >= 0.3 is 6.18 Å². The van der Waals surface area contributed by atoms with Crippen molar-refractivity contribution >= 4 is 5.78 Å². The minimum atomic E-state index is -4.36. The molecule has 5 heteroatoms. The number of hydrogen-bond acceptors (Lipinski definition) is 2. The standard InChI is InChI=1S/C14H18F3NO/c1-13(2,3)12(18)11(19)8-9-4-6-10(7-5-9)14(15,16)17/h4-7,12H,8,18H2,1-3H3. The lowest BCUT2D eigenvalue weighted by Gasteiger charge is -2.25. The van der Waals surface area contributed by atoms with Gasteiger partial charge in [0.1, 0.15) is 0 Å². The quantitative estimate of drug-likeness (QED) is 0.919. The van der Waals surface area contributed by atoms with E-state index in [0.717, 1.165) is 12.1 Å². The van der Waals surface area contributed by atoms with Crippen molar-refractivity contribution in [2.24, 2.45) is 11.1 Å². The van der Waals surface area contributed by atoms with Crippen LogP contribution in [0.25, 0.3) is 0 Å². The first-order valence-electron chi connectivity index (χ1n) is 5.96. The summed E-state index contributed by atoms with van der Waals surface area (Å²) in [6.07, 6.45) is -4.30. The molecule has 1 rings (SSSR count). The monoisotopic (exact) mass is 273 g/mol. The number of carbonyl (C=O) groups excluding carboxylic acids is 1. The molecule has 106 valence electrons. The van der Waals surface area contributed by atoms with Gasteiger partial charge < -0.3 is 5.73 Å². The van der Waals surface area contributed by atoms with Crippen LogP contribution < -0.4 is 5.73 Å². The smallest absolute Gasteiger partial charge is 0.321 e. The highest BCUT2D eigenvalue weighted by molar-refractivity contribution is 5.86. The van der Waals surface area contributed by atoms with E-state index < -0.39 is 17.8 Å². The lowest BCUT2D eigenvalue weighted by Crippen LogP contribution is -2.43. The van der Waals surface area contributed by atoms with E-state index in [1.54, 1.807) is 0 Å². The summed E-state index contributed by atoms with van der Waals surface area (Å²) in [5.74, 6) is -0.174. The molecule has 19 heavy (non-hydrogen) atoms. The molecule has 0 aliphatic rings. The number of halogens is 3. The Balaban J connectivity index is 2.77. The van der Waals surface area contributed by atoms with Gasteiger partial charge in [0.25, 0.3) is 0 Å². The molecule has 0 saturated heterocycles. The SMILES string of the molecule is CC(C)(C)C(N)C(=O)Cc1ccc(C(F)(F)F)cc1. The molecule has 1 aromatic carbocycles. The van der Waals surface area contributed by atoms with E-state index in [2.05, 4.69) is 0 Å². The van der Waals surface area contributed by atoms with Crippen LogP contribution in [0, 0.1) is 5.41 Å². The van der Waals surface area contributed by atoms with Crippen LogP contribution in [0.2, 0.25) is 0 Å². The molecule has 0 heterocycles. The van der Waals surface area contributed by atoms with Gasteiger partial charge in [-0.3, -0.25) is 4.79 Å². The molecule has 1 unspecified atom stereocenters. The maximum absolute atomic E-state index is 12.4. The Labute approximate surface area is 110 Å². The number of rotatable bonds is 3. The van der Waals surface area contributed by atoms with Crippen LogP contribution in [-0.4, -0.2) is 11.8 Å². The number of carbonyl (C=O) groups is 1. The van der Waals surface area contributed by atoms with Crippen LogP contribution >= 0.6 is 0 Å². The van der Waals surface area contributed by atoms with Crippen molar-refractivity contribution < 1.29 is 18.0 Å². The van der Waals surface area contributed by atoms with Crippen molar-refractivity contribution in [3.05, 3.63) is 35.4 Å². The molecule has 0 amide bonds. The third kappa shape index (κ3) is 4.35. The second-order valence-corrected chi connectivity index (χ2v) is 5.68. The van der Waals surface area contributed by atoms with Crippen LogP contribution in [0.5, 0.6) is 0 Å². The van der Waals surface area contributed by atoms with Crippen molar-refractivity contribution in [3.8, 4) is 0 Å². The van der Waals surface area contributed by atoms with Gasteiger partial charge in [0.05, 0.1) is 11.6 Å². The Morgan fingerprint density at radius 3 is 2.00 bits per heavy atom. The molecular weight excluding hydrogens is 255 g/mol. The van der Waals surface area contributed by atoms with Crippen LogP contribution in [0.4, 0.5) is 13.2 Å². The van der Waals surface area contributed by atoms with Gasteiger partial charge in [-0.2, -0.15) is 13.2 Å². The van der Waals surface area contributed by atoms with Crippen molar-refractivity contribution in [1.29, 1.82) is 0 Å². The summed E-state index contributed by atoms with van der Waals surface area (Å²) in [6.45, 7) is 5.55. The fourth-order valence-corrected chi connectivity index (χ4v) is 1.61. The summed E-state index contributed by atoms with van der Waals surface area (Å²) in [7, 11) is 0. The highest BCUT2D eigenvalue weighted by Gasteiger charge is 2.30. The first kappa shape index (κ1) is 15.7. The zero-order chi connectivity index (χ0) is 14.8. The van der Waals surface area contributed by atoms with E-state index in [1.807, 2.05) is 20.8 Å². The zero-order valence-electron chi connectivity index (χ0n) is 11.2. The molecule has 0 radical (unpaired) electrons. The molecule has 0 bridgehead atoms. The first-order valence-corrected chi connectivity index (χ1v) is 5.96. The summed E-state index contributed by atoms with van der Waals surface area (Å²) in [5, 5.41) is 0. The Kier molecular flexibility index (Phi) is 4.40. The fourth-order valence-electron chi connectivity index (χ4n) is 1.61. The van der Waals surface area contributed by atoms with Gasteiger partial charge in [-0.1, -0.05) is 32.9 Å². The summed E-state index contributed by atoms with van der Waals surface area (Å²) >= 11 is 0. The third-order valence-corrected chi connectivity index (χ3v) is 2.94. The number of ketones is 1. The molecule has 1 aromatic rings. The van der Waals surface area contributed by atoms with E-state index in [-0.39, 0.29) is 17.6 Å². The minimum Gasteiger partial charge on any atom is -0.321 e. The Bertz CT molecular complexity index is 443. The summed E-state index contributed by atoms with van der Waals surface area (Å²) in [6, 6.07) is 3.96. The molecule has 2 N–H and O–H groups in total. The molecule has 1 atom stereocenters. The topological polar surface area (TPSA) is 43.1 Å². The predicted molar refractivity (Wildman–Crippen MR) is 67.6 cm³/mol. The average molecular weight is 273 g/mol. The Hall–Kier alpha value is -1.36. The predicted octanol–water partition coefficient (Wildman–Crippen LogP) is 3.19. The van der Waals surface area contributed by atoms with E-state index >= 15 is 0 Å². The normalized spacial score (nSPS) is 14.3. The largest absolute Gasteiger partial charge is 0.416 e. The summed E-state index contributed by atoms with van der Waals surface area (Å²) in [4.78, 5) is 11.9. The second-order valence-electron chi connectivity index (χ2n) is 5.68. The molecule has 0 fully saturated rings. The van der Waals surface area contributed by atoms with Gasteiger partial charge in [0.2, 0.25) is 0 Å². The number of alkyl halides is 3. The minimum absolute atomic E-state index is 0.0522. The molecule has 0 spiro atoms. The van der Waals surface area contributed by atoms with Crippen LogP contribution in [0.3, 0.4) is 0 Å². The zero-order valence-corrected chi connectivity index (χ0v) is 11.2. The van der Waals surface area contributed by atoms with Crippen molar-refractivity contribution in [3.63, 3.8) is 0 Å². The molecule has 0 aliphatic heterocycles. The average Bonchev–Trinajstić information content (AvgIpc) is 2.26. The first-order chi connectivity index (χ1) is 8.51. The van der Waals surface area contributed by atoms with E-state index in [9.17, 15) is 18.0 Å². The van der Waals surface area contributed by atoms with Crippen LogP contribution in [0.1, 0.15) is 31.9 Å². The molecular formula is C14H18F3NO. The van der Waals surface area contributed by atoms with Gasteiger partial charge in [0.15, 0.2) is 5.78 Å². The fraction of sp³-hybridized carbons (Fsp3) is 0.500. The van der Waals surface area contributed by atoms with Crippen LogP contribution in [0.15, 0.2) is 24.3 Å². The highest BCUT2D eigenvalue weighted by Crippen LogP contribution is 2.29. The summed E-state index contributed by atoms with van der Waals surface area (Å²) in [5.41, 5.74) is 5.27. The van der Waals surface area contributed by atoms with Crippen molar-refractivity contribution in [1.82, 2.24) is 0 Å². The van der Waals surface area contributed by atoms with Gasteiger partial charge in [0, 0.05) is 6.42 Å². The molecule has 0 aromatic heterocycles. The highest BCUT2D eigenvalue weighted by atomic mass is 19.4.